The zero-order valence-corrected chi connectivity index (χ0v) is 12.5. The second-order valence-corrected chi connectivity index (χ2v) is 6.35. The van der Waals surface area contributed by atoms with Crippen LogP contribution in [0, 0.1) is 0 Å². The molecule has 0 atom stereocenters. The van der Waals surface area contributed by atoms with E-state index in [9.17, 15) is 13.2 Å². The Hall–Kier alpha value is -1.67. The summed E-state index contributed by atoms with van der Waals surface area (Å²) < 4.78 is 26.9. The number of sulfonamides is 1. The van der Waals surface area contributed by atoms with Gasteiger partial charge in [0.2, 0.25) is 10.0 Å². The summed E-state index contributed by atoms with van der Waals surface area (Å²) in [5, 5.41) is 8.68. The summed E-state index contributed by atoms with van der Waals surface area (Å²) in [6.07, 6.45) is 1.38. The van der Waals surface area contributed by atoms with Gasteiger partial charge in [-0.3, -0.25) is 4.79 Å². The van der Waals surface area contributed by atoms with E-state index in [2.05, 4.69) is 9.71 Å². The van der Waals surface area contributed by atoms with Crippen LogP contribution >= 0.6 is 0 Å². The minimum absolute atomic E-state index is 0.0431. The molecule has 0 unspecified atom stereocenters. The van der Waals surface area contributed by atoms with Gasteiger partial charge < -0.3 is 10.0 Å². The number of hydrogen-bond donors (Lipinski definition) is 2. The van der Waals surface area contributed by atoms with Crippen molar-refractivity contribution in [1.82, 2.24) is 9.71 Å². The van der Waals surface area contributed by atoms with Crippen LogP contribution in [0.4, 0.5) is 5.82 Å². The van der Waals surface area contributed by atoms with Gasteiger partial charge in [0.05, 0.1) is 6.42 Å². The topological polar surface area (TPSA) is 99.6 Å². The molecule has 0 saturated heterocycles. The highest BCUT2D eigenvalue weighted by Crippen LogP contribution is 2.21. The fourth-order valence-corrected chi connectivity index (χ4v) is 3.08. The van der Waals surface area contributed by atoms with E-state index in [1.165, 1.54) is 23.2 Å². The van der Waals surface area contributed by atoms with Gasteiger partial charge in [-0.25, -0.2) is 18.1 Å². The maximum Gasteiger partial charge on any atom is 0.305 e. The Kier molecular flexibility index (Phi) is 5.46. The van der Waals surface area contributed by atoms with Gasteiger partial charge in [0.15, 0.2) is 0 Å². The summed E-state index contributed by atoms with van der Waals surface area (Å²) in [5.74, 6) is -0.709. The molecular formula is C12H19N3O4S. The third-order valence-corrected chi connectivity index (χ3v) is 4.13. The van der Waals surface area contributed by atoms with Crippen molar-refractivity contribution < 1.29 is 18.3 Å². The number of carbonyl (C=O) groups is 1. The molecule has 0 amide bonds. The fourth-order valence-electron chi connectivity index (χ4n) is 1.62. The van der Waals surface area contributed by atoms with Crippen LogP contribution in [0.1, 0.15) is 20.3 Å². The number of anilines is 1. The van der Waals surface area contributed by atoms with Crippen LogP contribution in [0.3, 0.4) is 0 Å². The molecule has 0 bridgehead atoms. The Balaban J connectivity index is 3.07. The van der Waals surface area contributed by atoms with Crippen molar-refractivity contribution in [3.05, 3.63) is 18.3 Å². The number of aromatic nitrogens is 1. The summed E-state index contributed by atoms with van der Waals surface area (Å²) in [6, 6.07) is 2.74. The minimum atomic E-state index is -3.68. The van der Waals surface area contributed by atoms with Crippen LogP contribution in [0.25, 0.3) is 0 Å². The van der Waals surface area contributed by atoms with Gasteiger partial charge >= 0.3 is 5.97 Å². The number of pyridine rings is 1. The molecule has 8 heteroatoms. The van der Waals surface area contributed by atoms with E-state index in [0.29, 0.717) is 0 Å². The Morgan fingerprint density at radius 3 is 2.70 bits per heavy atom. The Morgan fingerprint density at radius 1 is 1.50 bits per heavy atom. The van der Waals surface area contributed by atoms with Crippen molar-refractivity contribution in [2.24, 2.45) is 0 Å². The Morgan fingerprint density at radius 2 is 2.15 bits per heavy atom. The van der Waals surface area contributed by atoms with E-state index in [0.717, 1.165) is 0 Å². The maximum absolute atomic E-state index is 12.2. The van der Waals surface area contributed by atoms with Crippen LogP contribution in [-0.4, -0.2) is 44.1 Å². The number of nitrogens with one attached hydrogen (secondary N) is 1. The molecule has 1 heterocycles. The zero-order chi connectivity index (χ0) is 15.3. The average Bonchev–Trinajstić information content (AvgIpc) is 2.34. The molecule has 0 spiro atoms. The molecule has 2 N–H and O–H groups in total. The maximum atomic E-state index is 12.2. The lowest BCUT2D eigenvalue weighted by Gasteiger charge is -2.20. The van der Waals surface area contributed by atoms with Crippen molar-refractivity contribution in [3.63, 3.8) is 0 Å². The SMILES string of the molecule is CC(C)NS(=O)(=O)c1cccnc1N(C)CCC(=O)O. The Bertz CT molecular complexity index is 572. The van der Waals surface area contributed by atoms with Gasteiger partial charge in [0, 0.05) is 25.8 Å². The van der Waals surface area contributed by atoms with Gasteiger partial charge in [0.1, 0.15) is 10.7 Å². The van der Waals surface area contributed by atoms with Crippen LogP contribution in [0.5, 0.6) is 0 Å². The third-order valence-electron chi connectivity index (χ3n) is 2.45. The summed E-state index contributed by atoms with van der Waals surface area (Å²) in [5.41, 5.74) is 0. The van der Waals surface area contributed by atoms with Crippen LogP contribution in [-0.2, 0) is 14.8 Å². The highest BCUT2D eigenvalue weighted by atomic mass is 32.2. The fraction of sp³-hybridized carbons (Fsp3) is 0.500. The quantitative estimate of drug-likeness (QED) is 0.768. The standard InChI is InChI=1S/C12H19N3O4S/c1-9(2)14-20(18,19)10-5-4-7-13-12(10)15(3)8-6-11(16)17/h4-5,7,9,14H,6,8H2,1-3H3,(H,16,17). The van der Waals surface area contributed by atoms with Crippen molar-refractivity contribution in [2.45, 2.75) is 31.2 Å². The molecule has 1 rings (SSSR count). The van der Waals surface area contributed by atoms with Crippen molar-refractivity contribution in [1.29, 1.82) is 0 Å². The average molecular weight is 301 g/mol. The first-order valence-electron chi connectivity index (χ1n) is 6.14. The first-order chi connectivity index (χ1) is 9.24. The molecule has 0 saturated carbocycles. The first kappa shape index (κ1) is 16.4. The van der Waals surface area contributed by atoms with Gasteiger partial charge in [-0.15, -0.1) is 0 Å². The van der Waals surface area contributed by atoms with E-state index in [4.69, 9.17) is 5.11 Å². The lowest BCUT2D eigenvalue weighted by atomic mass is 10.3. The molecule has 7 nitrogen and oxygen atoms in total. The molecule has 0 radical (unpaired) electrons. The predicted molar refractivity (Wildman–Crippen MR) is 75.2 cm³/mol. The Labute approximate surface area is 118 Å². The van der Waals surface area contributed by atoms with Crippen molar-refractivity contribution in [3.8, 4) is 0 Å². The first-order valence-corrected chi connectivity index (χ1v) is 7.62. The van der Waals surface area contributed by atoms with E-state index < -0.39 is 16.0 Å². The molecule has 0 aliphatic carbocycles. The third kappa shape index (κ3) is 4.46. The molecular weight excluding hydrogens is 282 g/mol. The van der Waals surface area contributed by atoms with Crippen molar-refractivity contribution >= 4 is 21.8 Å². The van der Waals surface area contributed by atoms with Crippen LogP contribution < -0.4 is 9.62 Å². The number of hydrogen-bond acceptors (Lipinski definition) is 5. The molecule has 0 aromatic carbocycles. The highest BCUT2D eigenvalue weighted by Gasteiger charge is 2.22. The normalized spacial score (nSPS) is 11.6. The molecule has 20 heavy (non-hydrogen) atoms. The summed E-state index contributed by atoms with van der Waals surface area (Å²) >= 11 is 0. The summed E-state index contributed by atoms with van der Waals surface area (Å²) in [4.78, 5) is 16.2. The van der Waals surface area contributed by atoms with E-state index >= 15 is 0 Å². The molecule has 0 aliphatic heterocycles. The number of carboxylic acids is 1. The lowest BCUT2D eigenvalue weighted by Crippen LogP contribution is -2.32. The van der Waals surface area contributed by atoms with Gasteiger partial charge in [-0.1, -0.05) is 0 Å². The number of aliphatic carboxylic acids is 1. The van der Waals surface area contributed by atoms with Gasteiger partial charge in [0.25, 0.3) is 0 Å². The van der Waals surface area contributed by atoms with Gasteiger partial charge in [-0.05, 0) is 26.0 Å². The van der Waals surface area contributed by atoms with Crippen LogP contribution in [0.2, 0.25) is 0 Å². The smallest absolute Gasteiger partial charge is 0.305 e. The molecule has 1 aromatic heterocycles. The summed E-state index contributed by atoms with van der Waals surface area (Å²) in [7, 11) is -2.06. The van der Waals surface area contributed by atoms with E-state index in [1.807, 2.05) is 0 Å². The molecule has 1 aromatic rings. The largest absolute Gasteiger partial charge is 0.481 e. The van der Waals surface area contributed by atoms with Crippen molar-refractivity contribution in [2.75, 3.05) is 18.5 Å². The molecule has 112 valence electrons. The number of carboxylic acid groups (broad SMARTS) is 1. The predicted octanol–water partition coefficient (Wildman–Crippen LogP) is 0.679. The van der Waals surface area contributed by atoms with E-state index in [1.54, 1.807) is 20.9 Å². The molecule has 0 fully saturated rings. The van der Waals surface area contributed by atoms with E-state index in [-0.39, 0.29) is 29.7 Å². The molecule has 0 aliphatic rings. The highest BCUT2D eigenvalue weighted by molar-refractivity contribution is 7.89. The van der Waals surface area contributed by atoms with Crippen LogP contribution in [0.15, 0.2) is 23.2 Å². The monoisotopic (exact) mass is 301 g/mol. The number of nitrogens with zero attached hydrogens (tertiary/aromatic N) is 2. The second-order valence-electron chi connectivity index (χ2n) is 4.67. The number of rotatable bonds is 7. The zero-order valence-electron chi connectivity index (χ0n) is 11.7. The lowest BCUT2D eigenvalue weighted by molar-refractivity contribution is -0.136. The van der Waals surface area contributed by atoms with Gasteiger partial charge in [-0.2, -0.15) is 0 Å². The second kappa shape index (κ2) is 6.67. The minimum Gasteiger partial charge on any atom is -0.481 e. The summed E-state index contributed by atoms with van der Waals surface area (Å²) in [6.45, 7) is 3.63.